The summed E-state index contributed by atoms with van der Waals surface area (Å²) < 4.78 is 5.67. The first-order valence-electron chi connectivity index (χ1n) is 9.85. The van der Waals surface area contributed by atoms with Crippen molar-refractivity contribution in [3.8, 4) is 6.07 Å². The van der Waals surface area contributed by atoms with Crippen LogP contribution >= 0.6 is 22.7 Å². The lowest BCUT2D eigenvalue weighted by Gasteiger charge is -2.26. The van der Waals surface area contributed by atoms with Crippen LogP contribution in [0.3, 0.4) is 0 Å². The molecule has 0 fully saturated rings. The quantitative estimate of drug-likeness (QED) is 0.643. The molecule has 0 bridgehead atoms. The number of nitrogens with zero attached hydrogens (tertiary/aromatic N) is 2. The van der Waals surface area contributed by atoms with Gasteiger partial charge in [-0.1, -0.05) is 13.8 Å². The van der Waals surface area contributed by atoms with Crippen LogP contribution < -0.4 is 5.32 Å². The summed E-state index contributed by atoms with van der Waals surface area (Å²) in [4.78, 5) is 27.2. The van der Waals surface area contributed by atoms with Crippen LogP contribution in [0, 0.1) is 17.2 Å². The Morgan fingerprint density at radius 2 is 2.27 bits per heavy atom. The molecule has 2 aromatic heterocycles. The van der Waals surface area contributed by atoms with Crippen LogP contribution in [0.15, 0.2) is 22.9 Å². The van der Waals surface area contributed by atoms with Gasteiger partial charge in [-0.05, 0) is 52.8 Å². The number of amides is 2. The summed E-state index contributed by atoms with van der Waals surface area (Å²) >= 11 is 2.96. The van der Waals surface area contributed by atoms with Gasteiger partial charge >= 0.3 is 6.09 Å². The van der Waals surface area contributed by atoms with E-state index in [4.69, 9.17) is 4.74 Å². The van der Waals surface area contributed by atoms with E-state index in [1.165, 1.54) is 17.4 Å². The summed E-state index contributed by atoms with van der Waals surface area (Å²) in [5, 5.41) is 16.9. The molecule has 3 rings (SSSR count). The highest BCUT2D eigenvalue weighted by molar-refractivity contribution is 7.16. The van der Waals surface area contributed by atoms with Crippen molar-refractivity contribution < 1.29 is 14.3 Å². The average molecular weight is 444 g/mol. The van der Waals surface area contributed by atoms with E-state index in [2.05, 4.69) is 25.2 Å². The SMILES string of the molecule is CC(C)CN(C)C(=O)OC1CCc2c(sc(NC(=O)/C=C/c3ccsc3)c2C#N)C1. The van der Waals surface area contributed by atoms with E-state index in [1.54, 1.807) is 29.4 Å². The molecule has 0 aliphatic heterocycles. The molecule has 30 heavy (non-hydrogen) atoms. The molecule has 0 radical (unpaired) electrons. The van der Waals surface area contributed by atoms with Crippen LogP contribution in [-0.2, 0) is 22.4 Å². The number of hydrogen-bond acceptors (Lipinski definition) is 6. The number of carbonyl (C=O) groups excluding carboxylic acids is 2. The lowest BCUT2D eigenvalue weighted by atomic mass is 9.94. The van der Waals surface area contributed by atoms with E-state index in [9.17, 15) is 14.9 Å². The predicted octanol–water partition coefficient (Wildman–Crippen LogP) is 4.91. The summed E-state index contributed by atoms with van der Waals surface area (Å²) in [5.74, 6) is 0.102. The summed E-state index contributed by atoms with van der Waals surface area (Å²) in [6.45, 7) is 4.75. The van der Waals surface area contributed by atoms with Crippen molar-refractivity contribution in [1.82, 2.24) is 4.90 Å². The number of nitrogens with one attached hydrogen (secondary N) is 1. The number of thiophene rings is 2. The van der Waals surface area contributed by atoms with Gasteiger partial charge in [0, 0.05) is 31.0 Å². The second-order valence-electron chi connectivity index (χ2n) is 7.72. The van der Waals surface area contributed by atoms with Crippen LogP contribution in [0.5, 0.6) is 0 Å². The maximum absolute atomic E-state index is 12.3. The molecule has 8 heteroatoms. The third-order valence-corrected chi connectivity index (χ3v) is 6.63. The Morgan fingerprint density at radius 1 is 1.47 bits per heavy atom. The van der Waals surface area contributed by atoms with Crippen molar-refractivity contribution in [2.75, 3.05) is 18.9 Å². The minimum absolute atomic E-state index is 0.216. The fraction of sp³-hybridized carbons (Fsp3) is 0.409. The van der Waals surface area contributed by atoms with Crippen molar-refractivity contribution in [2.24, 2.45) is 5.92 Å². The highest BCUT2D eigenvalue weighted by atomic mass is 32.1. The molecular weight excluding hydrogens is 418 g/mol. The molecule has 0 saturated carbocycles. The fourth-order valence-electron chi connectivity index (χ4n) is 3.41. The molecule has 1 aliphatic carbocycles. The maximum Gasteiger partial charge on any atom is 0.409 e. The Balaban J connectivity index is 1.66. The number of nitriles is 1. The van der Waals surface area contributed by atoms with Gasteiger partial charge in [0.2, 0.25) is 5.91 Å². The van der Waals surface area contributed by atoms with Crippen LogP contribution in [0.2, 0.25) is 0 Å². The third-order valence-electron chi connectivity index (χ3n) is 4.76. The van der Waals surface area contributed by atoms with Crippen LogP contribution in [0.1, 0.15) is 41.8 Å². The van der Waals surface area contributed by atoms with Gasteiger partial charge in [-0.3, -0.25) is 4.79 Å². The van der Waals surface area contributed by atoms with E-state index in [-0.39, 0.29) is 18.1 Å². The Bertz CT molecular complexity index is 971. The van der Waals surface area contributed by atoms with Crippen LogP contribution in [0.25, 0.3) is 6.08 Å². The van der Waals surface area contributed by atoms with E-state index < -0.39 is 0 Å². The minimum atomic E-state index is -0.318. The second-order valence-corrected chi connectivity index (χ2v) is 9.61. The van der Waals surface area contributed by atoms with Gasteiger partial charge in [0.15, 0.2) is 0 Å². The van der Waals surface area contributed by atoms with Gasteiger partial charge in [-0.2, -0.15) is 16.6 Å². The first kappa shape index (κ1) is 22.1. The Labute approximate surface area is 184 Å². The van der Waals surface area contributed by atoms with Crippen LogP contribution in [0.4, 0.5) is 9.80 Å². The lowest BCUT2D eigenvalue weighted by Crippen LogP contribution is -2.35. The predicted molar refractivity (Wildman–Crippen MR) is 121 cm³/mol. The molecule has 1 aliphatic rings. The number of ether oxygens (including phenoxy) is 1. The normalized spacial score (nSPS) is 15.6. The third kappa shape index (κ3) is 5.49. The zero-order valence-corrected chi connectivity index (χ0v) is 18.9. The average Bonchev–Trinajstić information content (AvgIpc) is 3.32. The Morgan fingerprint density at radius 3 is 2.93 bits per heavy atom. The second kappa shape index (κ2) is 9.92. The van der Waals surface area contributed by atoms with Crippen molar-refractivity contribution in [1.29, 1.82) is 5.26 Å². The van der Waals surface area contributed by atoms with E-state index in [0.717, 1.165) is 16.0 Å². The summed E-state index contributed by atoms with van der Waals surface area (Å²) in [5.41, 5.74) is 2.45. The topological polar surface area (TPSA) is 82.4 Å². The first-order chi connectivity index (χ1) is 14.4. The molecule has 1 N–H and O–H groups in total. The van der Waals surface area contributed by atoms with Crippen molar-refractivity contribution >= 4 is 45.8 Å². The van der Waals surface area contributed by atoms with Crippen molar-refractivity contribution in [3.63, 3.8) is 0 Å². The molecule has 0 aromatic carbocycles. The fourth-order valence-corrected chi connectivity index (χ4v) is 5.31. The molecule has 1 unspecified atom stereocenters. The molecular formula is C22H25N3O3S2. The number of hydrogen-bond donors (Lipinski definition) is 1. The Hall–Kier alpha value is -2.63. The standard InChI is InChI=1S/C22H25N3O3S2/c1-14(2)12-25(3)22(27)28-16-5-6-17-18(11-23)21(30-19(17)10-16)24-20(26)7-4-15-8-9-29-13-15/h4,7-9,13-14,16H,5-6,10,12H2,1-3H3,(H,24,26)/b7-4+. The van der Waals surface area contributed by atoms with E-state index in [0.29, 0.717) is 42.3 Å². The molecule has 158 valence electrons. The van der Waals surface area contributed by atoms with Gasteiger partial charge in [0.25, 0.3) is 0 Å². The Kier molecular flexibility index (Phi) is 7.29. The molecule has 1 atom stereocenters. The van der Waals surface area contributed by atoms with Crippen molar-refractivity contribution in [3.05, 3.63) is 44.5 Å². The van der Waals surface area contributed by atoms with Gasteiger partial charge in [0.05, 0.1) is 5.56 Å². The molecule has 2 heterocycles. The van der Waals surface area contributed by atoms with Crippen LogP contribution in [-0.4, -0.2) is 36.6 Å². The zero-order valence-electron chi connectivity index (χ0n) is 17.3. The number of fused-ring (bicyclic) bond motifs is 1. The smallest absolute Gasteiger partial charge is 0.409 e. The molecule has 0 saturated heterocycles. The summed E-state index contributed by atoms with van der Waals surface area (Å²) in [6, 6.07) is 4.16. The summed E-state index contributed by atoms with van der Waals surface area (Å²) in [7, 11) is 1.74. The maximum atomic E-state index is 12.3. The van der Waals surface area contributed by atoms with Gasteiger partial charge in [-0.25, -0.2) is 4.79 Å². The van der Waals surface area contributed by atoms with E-state index >= 15 is 0 Å². The van der Waals surface area contributed by atoms with E-state index in [1.807, 2.05) is 16.8 Å². The highest BCUT2D eigenvalue weighted by Crippen LogP contribution is 2.38. The molecule has 2 aromatic rings. The molecule has 0 spiro atoms. The number of anilines is 1. The van der Waals surface area contributed by atoms with Gasteiger partial charge in [-0.15, -0.1) is 11.3 Å². The largest absolute Gasteiger partial charge is 0.446 e. The molecule has 6 nitrogen and oxygen atoms in total. The minimum Gasteiger partial charge on any atom is -0.446 e. The number of rotatable bonds is 6. The van der Waals surface area contributed by atoms with Gasteiger partial charge < -0.3 is 15.0 Å². The first-order valence-corrected chi connectivity index (χ1v) is 11.6. The van der Waals surface area contributed by atoms with Gasteiger partial charge in [0.1, 0.15) is 17.2 Å². The molecule has 2 amide bonds. The summed E-state index contributed by atoms with van der Waals surface area (Å²) in [6.07, 6.45) is 4.57. The zero-order chi connectivity index (χ0) is 21.7. The highest BCUT2D eigenvalue weighted by Gasteiger charge is 2.29. The monoisotopic (exact) mass is 443 g/mol. The van der Waals surface area contributed by atoms with Crippen molar-refractivity contribution in [2.45, 2.75) is 39.2 Å². The lowest BCUT2D eigenvalue weighted by molar-refractivity contribution is -0.111. The number of carbonyl (C=O) groups is 2.